The first-order valence-electron chi connectivity index (χ1n) is 7.69. The van der Waals surface area contributed by atoms with Crippen LogP contribution < -0.4 is 5.32 Å². The minimum Gasteiger partial charge on any atom is -0.325 e. The summed E-state index contributed by atoms with van der Waals surface area (Å²) in [5, 5.41) is 6.68. The Balaban J connectivity index is 1.78. The number of rotatable bonds is 5. The quantitative estimate of drug-likeness (QED) is 0.781. The van der Waals surface area contributed by atoms with Crippen molar-refractivity contribution < 1.29 is 9.18 Å². The third-order valence-electron chi connectivity index (χ3n) is 3.81. The van der Waals surface area contributed by atoms with Crippen molar-refractivity contribution in [3.05, 3.63) is 72.6 Å². The first-order chi connectivity index (χ1) is 11.7. The lowest BCUT2D eigenvalue weighted by molar-refractivity contribution is -0.117. The number of halogens is 1. The van der Waals surface area contributed by atoms with E-state index in [0.717, 1.165) is 5.56 Å². The van der Waals surface area contributed by atoms with E-state index in [9.17, 15) is 9.18 Å². The summed E-state index contributed by atoms with van der Waals surface area (Å²) in [6.45, 7) is 1.95. The highest BCUT2D eigenvalue weighted by Gasteiger charge is 2.19. The Labute approximate surface area is 139 Å². The first kappa shape index (κ1) is 15.9. The number of benzene rings is 2. The molecule has 0 bridgehead atoms. The molecule has 1 unspecified atom stereocenters. The molecule has 1 aromatic heterocycles. The predicted molar refractivity (Wildman–Crippen MR) is 89.4 cm³/mol. The van der Waals surface area contributed by atoms with E-state index >= 15 is 0 Å². The molecular weight excluding hydrogens is 307 g/mol. The van der Waals surface area contributed by atoms with Crippen LogP contribution in [0.25, 0.3) is 5.69 Å². The summed E-state index contributed by atoms with van der Waals surface area (Å²) in [5.74, 6) is -0.910. The largest absolute Gasteiger partial charge is 0.325 e. The molecule has 0 fully saturated rings. The van der Waals surface area contributed by atoms with Crippen LogP contribution in [0.4, 0.5) is 10.1 Å². The Bertz CT molecular complexity index is 818. The lowest BCUT2D eigenvalue weighted by atomic mass is 9.95. The van der Waals surface area contributed by atoms with E-state index < -0.39 is 5.82 Å². The van der Waals surface area contributed by atoms with Gasteiger partial charge in [0.25, 0.3) is 0 Å². The van der Waals surface area contributed by atoms with Crippen molar-refractivity contribution in [2.75, 3.05) is 5.32 Å². The molecule has 0 spiro atoms. The molecule has 0 radical (unpaired) electrons. The normalized spacial score (nSPS) is 11.9. The van der Waals surface area contributed by atoms with E-state index in [4.69, 9.17) is 0 Å². The minimum absolute atomic E-state index is 0.156. The van der Waals surface area contributed by atoms with Crippen LogP contribution in [0.1, 0.15) is 24.8 Å². The number of hydrogen-bond donors (Lipinski definition) is 1. The monoisotopic (exact) mass is 324 g/mol. The standard InChI is InChI=1S/C18H17FN4O/c1-2-15(13-6-4-3-5-7-13)18(24)22-14-8-9-17(16(19)10-14)23-12-20-11-21-23/h3-12,15H,2H2,1H3,(H,22,24). The summed E-state index contributed by atoms with van der Waals surface area (Å²) >= 11 is 0. The molecule has 0 aliphatic rings. The van der Waals surface area contributed by atoms with Gasteiger partial charge in [-0.15, -0.1) is 0 Å². The average molecular weight is 324 g/mol. The van der Waals surface area contributed by atoms with E-state index in [-0.39, 0.29) is 17.5 Å². The minimum atomic E-state index is -0.481. The van der Waals surface area contributed by atoms with Gasteiger partial charge in [0.1, 0.15) is 18.3 Å². The van der Waals surface area contributed by atoms with Crippen molar-refractivity contribution in [3.63, 3.8) is 0 Å². The van der Waals surface area contributed by atoms with Crippen molar-refractivity contribution in [2.45, 2.75) is 19.3 Å². The lowest BCUT2D eigenvalue weighted by Gasteiger charge is -2.16. The zero-order chi connectivity index (χ0) is 16.9. The van der Waals surface area contributed by atoms with E-state index in [0.29, 0.717) is 12.1 Å². The van der Waals surface area contributed by atoms with Crippen molar-refractivity contribution in [2.24, 2.45) is 0 Å². The zero-order valence-corrected chi connectivity index (χ0v) is 13.2. The molecule has 6 heteroatoms. The van der Waals surface area contributed by atoms with Crippen molar-refractivity contribution >= 4 is 11.6 Å². The molecule has 24 heavy (non-hydrogen) atoms. The van der Waals surface area contributed by atoms with Gasteiger partial charge in [-0.25, -0.2) is 14.1 Å². The van der Waals surface area contributed by atoms with E-state index in [1.807, 2.05) is 37.3 Å². The summed E-state index contributed by atoms with van der Waals surface area (Å²) in [7, 11) is 0. The van der Waals surface area contributed by atoms with Crippen LogP contribution in [0.5, 0.6) is 0 Å². The van der Waals surface area contributed by atoms with Gasteiger partial charge in [0.15, 0.2) is 5.82 Å². The summed E-state index contributed by atoms with van der Waals surface area (Å²) in [4.78, 5) is 16.3. The summed E-state index contributed by atoms with van der Waals surface area (Å²) in [5.41, 5.74) is 1.63. The maximum Gasteiger partial charge on any atom is 0.231 e. The highest BCUT2D eigenvalue weighted by atomic mass is 19.1. The van der Waals surface area contributed by atoms with Crippen LogP contribution >= 0.6 is 0 Å². The smallest absolute Gasteiger partial charge is 0.231 e. The van der Waals surface area contributed by atoms with Gasteiger partial charge in [0, 0.05) is 5.69 Å². The van der Waals surface area contributed by atoms with Crippen LogP contribution in [-0.4, -0.2) is 20.7 Å². The number of nitrogens with zero attached hydrogens (tertiary/aromatic N) is 3. The van der Waals surface area contributed by atoms with Gasteiger partial charge < -0.3 is 5.32 Å². The number of aromatic nitrogens is 3. The fourth-order valence-corrected chi connectivity index (χ4v) is 2.59. The second kappa shape index (κ2) is 7.04. The fraction of sp³-hybridized carbons (Fsp3) is 0.167. The zero-order valence-electron chi connectivity index (χ0n) is 13.2. The molecule has 3 rings (SSSR count). The number of carbonyl (C=O) groups is 1. The number of amides is 1. The molecule has 5 nitrogen and oxygen atoms in total. The van der Waals surface area contributed by atoms with Crippen LogP contribution in [-0.2, 0) is 4.79 Å². The van der Waals surface area contributed by atoms with Gasteiger partial charge in [-0.1, -0.05) is 37.3 Å². The second-order valence-corrected chi connectivity index (χ2v) is 5.37. The molecule has 0 aliphatic carbocycles. The second-order valence-electron chi connectivity index (χ2n) is 5.37. The molecule has 0 saturated heterocycles. The summed E-state index contributed by atoms with van der Waals surface area (Å²) < 4.78 is 15.6. The van der Waals surface area contributed by atoms with Crippen LogP contribution in [0, 0.1) is 5.82 Å². The van der Waals surface area contributed by atoms with Crippen molar-refractivity contribution in [3.8, 4) is 5.69 Å². The number of anilines is 1. The molecule has 1 heterocycles. The third kappa shape index (κ3) is 3.32. The molecule has 1 N–H and O–H groups in total. The van der Waals surface area contributed by atoms with Crippen LogP contribution in [0.15, 0.2) is 61.2 Å². The Kier molecular flexibility index (Phi) is 4.65. The lowest BCUT2D eigenvalue weighted by Crippen LogP contribution is -2.20. The molecule has 2 aromatic carbocycles. The van der Waals surface area contributed by atoms with Gasteiger partial charge >= 0.3 is 0 Å². The van der Waals surface area contributed by atoms with Gasteiger partial charge in [-0.05, 0) is 30.2 Å². The SMILES string of the molecule is CCC(C(=O)Nc1ccc(-n2cncn2)c(F)c1)c1ccccc1. The van der Waals surface area contributed by atoms with Gasteiger partial charge in [-0.3, -0.25) is 4.79 Å². The average Bonchev–Trinajstić information content (AvgIpc) is 3.11. The maximum absolute atomic E-state index is 14.2. The Morgan fingerprint density at radius 3 is 2.67 bits per heavy atom. The Hall–Kier alpha value is -3.02. The molecule has 0 aliphatic heterocycles. The maximum atomic E-state index is 14.2. The van der Waals surface area contributed by atoms with Crippen LogP contribution in [0.3, 0.4) is 0 Å². The number of carbonyl (C=O) groups excluding carboxylic acids is 1. The third-order valence-corrected chi connectivity index (χ3v) is 3.81. The summed E-state index contributed by atoms with van der Waals surface area (Å²) in [6.07, 6.45) is 3.41. The van der Waals surface area contributed by atoms with Crippen molar-refractivity contribution in [1.29, 1.82) is 0 Å². The van der Waals surface area contributed by atoms with E-state index in [1.54, 1.807) is 12.1 Å². The Morgan fingerprint density at radius 1 is 1.25 bits per heavy atom. The van der Waals surface area contributed by atoms with E-state index in [1.165, 1.54) is 23.4 Å². The van der Waals surface area contributed by atoms with Gasteiger partial charge in [-0.2, -0.15) is 5.10 Å². The first-order valence-corrected chi connectivity index (χ1v) is 7.69. The van der Waals surface area contributed by atoms with Crippen molar-refractivity contribution in [1.82, 2.24) is 14.8 Å². The molecular formula is C18H17FN4O. The fourth-order valence-electron chi connectivity index (χ4n) is 2.59. The molecule has 0 saturated carbocycles. The Morgan fingerprint density at radius 2 is 2.04 bits per heavy atom. The number of nitrogens with one attached hydrogen (secondary N) is 1. The van der Waals surface area contributed by atoms with E-state index in [2.05, 4.69) is 15.4 Å². The predicted octanol–water partition coefficient (Wildman–Crippen LogP) is 3.54. The highest BCUT2D eigenvalue weighted by molar-refractivity contribution is 5.95. The van der Waals surface area contributed by atoms with Gasteiger partial charge in [0.2, 0.25) is 5.91 Å². The highest BCUT2D eigenvalue weighted by Crippen LogP contribution is 2.23. The summed E-state index contributed by atoms with van der Waals surface area (Å²) in [6, 6.07) is 14.0. The topological polar surface area (TPSA) is 59.8 Å². The molecule has 1 amide bonds. The van der Waals surface area contributed by atoms with Crippen LogP contribution in [0.2, 0.25) is 0 Å². The molecule has 122 valence electrons. The molecule has 1 atom stereocenters. The molecule has 3 aromatic rings. The van der Waals surface area contributed by atoms with Gasteiger partial charge in [0.05, 0.1) is 5.92 Å². The number of hydrogen-bond acceptors (Lipinski definition) is 3.